The highest BCUT2D eigenvalue weighted by Crippen LogP contribution is 2.38. The van der Waals surface area contributed by atoms with Gasteiger partial charge in [-0.1, -0.05) is 0 Å². The third-order valence-corrected chi connectivity index (χ3v) is 4.80. The monoisotopic (exact) mass is 279 g/mol. The number of rotatable bonds is 6. The van der Waals surface area contributed by atoms with Crippen LogP contribution in [0.15, 0.2) is 0 Å². The first-order valence-corrected chi connectivity index (χ1v) is 7.95. The van der Waals surface area contributed by atoms with E-state index < -0.39 is 0 Å². The SMILES string of the molecule is CNC(=O)[C@@H](C1CC1)N1CCC[C@H]1C(=O)NCC1CC1. The van der Waals surface area contributed by atoms with Crippen molar-refractivity contribution in [1.82, 2.24) is 15.5 Å². The molecular weight excluding hydrogens is 254 g/mol. The van der Waals surface area contributed by atoms with Crippen LogP contribution in [0, 0.1) is 11.8 Å². The second kappa shape index (κ2) is 5.72. The van der Waals surface area contributed by atoms with Crippen LogP contribution >= 0.6 is 0 Å². The molecule has 20 heavy (non-hydrogen) atoms. The molecule has 0 radical (unpaired) electrons. The van der Waals surface area contributed by atoms with Gasteiger partial charge < -0.3 is 10.6 Å². The van der Waals surface area contributed by atoms with Crippen LogP contribution in [-0.4, -0.2) is 48.9 Å². The van der Waals surface area contributed by atoms with Crippen molar-refractivity contribution >= 4 is 11.8 Å². The molecule has 0 aromatic carbocycles. The summed E-state index contributed by atoms with van der Waals surface area (Å²) in [7, 11) is 1.69. The molecule has 2 amide bonds. The van der Waals surface area contributed by atoms with Gasteiger partial charge in [-0.2, -0.15) is 0 Å². The van der Waals surface area contributed by atoms with E-state index in [1.165, 1.54) is 12.8 Å². The molecule has 1 heterocycles. The Morgan fingerprint density at radius 1 is 1.20 bits per heavy atom. The van der Waals surface area contributed by atoms with Crippen LogP contribution in [0.5, 0.6) is 0 Å². The van der Waals surface area contributed by atoms with Gasteiger partial charge in [0.05, 0.1) is 12.1 Å². The van der Waals surface area contributed by atoms with E-state index in [1.54, 1.807) is 7.05 Å². The second-order valence-corrected chi connectivity index (χ2v) is 6.48. The Bertz CT molecular complexity index is 391. The Balaban J connectivity index is 1.63. The highest BCUT2D eigenvalue weighted by atomic mass is 16.2. The first kappa shape index (κ1) is 13.9. The molecule has 0 aromatic rings. The summed E-state index contributed by atoms with van der Waals surface area (Å²) in [5.74, 6) is 1.36. The highest BCUT2D eigenvalue weighted by Gasteiger charge is 2.45. The van der Waals surface area contributed by atoms with Crippen molar-refractivity contribution in [2.24, 2.45) is 11.8 Å². The van der Waals surface area contributed by atoms with Crippen molar-refractivity contribution in [2.45, 2.75) is 50.6 Å². The topological polar surface area (TPSA) is 61.4 Å². The molecule has 3 aliphatic rings. The van der Waals surface area contributed by atoms with E-state index in [4.69, 9.17) is 0 Å². The van der Waals surface area contributed by atoms with E-state index >= 15 is 0 Å². The molecule has 112 valence electrons. The lowest BCUT2D eigenvalue weighted by Gasteiger charge is -2.31. The Morgan fingerprint density at radius 2 is 1.95 bits per heavy atom. The normalized spacial score (nSPS) is 28.1. The zero-order valence-electron chi connectivity index (χ0n) is 12.2. The molecule has 5 nitrogen and oxygen atoms in total. The summed E-state index contributed by atoms with van der Waals surface area (Å²) in [4.78, 5) is 26.7. The fraction of sp³-hybridized carbons (Fsp3) is 0.867. The van der Waals surface area contributed by atoms with Crippen molar-refractivity contribution in [3.05, 3.63) is 0 Å². The standard InChI is InChI=1S/C15H25N3O2/c1-16-15(20)13(11-6-7-11)18-8-2-3-12(18)14(19)17-9-10-4-5-10/h10-13H,2-9H2,1H3,(H,16,20)(H,17,19)/t12-,13+/m0/s1. The Hall–Kier alpha value is -1.10. The van der Waals surface area contributed by atoms with E-state index in [9.17, 15) is 9.59 Å². The van der Waals surface area contributed by atoms with Gasteiger partial charge in [-0.3, -0.25) is 14.5 Å². The van der Waals surface area contributed by atoms with Gasteiger partial charge in [0, 0.05) is 13.6 Å². The van der Waals surface area contributed by atoms with Gasteiger partial charge in [0.25, 0.3) is 0 Å². The lowest BCUT2D eigenvalue weighted by molar-refractivity contribution is -0.131. The van der Waals surface area contributed by atoms with E-state index in [2.05, 4.69) is 15.5 Å². The lowest BCUT2D eigenvalue weighted by atomic mass is 10.1. The van der Waals surface area contributed by atoms with Gasteiger partial charge in [-0.05, 0) is 56.9 Å². The molecule has 0 bridgehead atoms. The maximum absolute atomic E-state index is 12.4. The van der Waals surface area contributed by atoms with Crippen LogP contribution in [0.1, 0.15) is 38.5 Å². The maximum Gasteiger partial charge on any atom is 0.237 e. The second-order valence-electron chi connectivity index (χ2n) is 6.48. The molecule has 2 saturated carbocycles. The zero-order valence-corrected chi connectivity index (χ0v) is 12.2. The number of likely N-dealkylation sites (N-methyl/N-ethyl adjacent to an activating group) is 1. The van der Waals surface area contributed by atoms with Gasteiger partial charge in [0.1, 0.15) is 0 Å². The van der Waals surface area contributed by atoms with Gasteiger partial charge in [0.2, 0.25) is 11.8 Å². The van der Waals surface area contributed by atoms with Crippen molar-refractivity contribution in [1.29, 1.82) is 0 Å². The van der Waals surface area contributed by atoms with Crippen molar-refractivity contribution in [2.75, 3.05) is 20.1 Å². The van der Waals surface area contributed by atoms with Gasteiger partial charge in [-0.15, -0.1) is 0 Å². The molecular formula is C15H25N3O2. The van der Waals surface area contributed by atoms with Crippen LogP contribution in [0.4, 0.5) is 0 Å². The van der Waals surface area contributed by atoms with Crippen LogP contribution in [-0.2, 0) is 9.59 Å². The predicted molar refractivity (Wildman–Crippen MR) is 76.0 cm³/mol. The molecule has 5 heteroatoms. The number of nitrogens with one attached hydrogen (secondary N) is 2. The number of amides is 2. The minimum atomic E-state index is -0.100. The number of hydrogen-bond donors (Lipinski definition) is 2. The van der Waals surface area contributed by atoms with E-state index in [1.807, 2.05) is 0 Å². The largest absolute Gasteiger partial charge is 0.358 e. The summed E-state index contributed by atoms with van der Waals surface area (Å²) in [6.07, 6.45) is 6.63. The van der Waals surface area contributed by atoms with E-state index in [-0.39, 0.29) is 23.9 Å². The minimum Gasteiger partial charge on any atom is -0.358 e. The van der Waals surface area contributed by atoms with E-state index in [0.29, 0.717) is 11.8 Å². The van der Waals surface area contributed by atoms with Gasteiger partial charge in [-0.25, -0.2) is 0 Å². The number of likely N-dealkylation sites (tertiary alicyclic amines) is 1. The first-order valence-electron chi connectivity index (χ1n) is 7.95. The van der Waals surface area contributed by atoms with Crippen LogP contribution in [0.2, 0.25) is 0 Å². The van der Waals surface area contributed by atoms with Crippen LogP contribution < -0.4 is 10.6 Å². The molecule has 0 unspecified atom stereocenters. The maximum atomic E-state index is 12.4. The summed E-state index contributed by atoms with van der Waals surface area (Å²) in [5, 5.41) is 5.85. The lowest BCUT2D eigenvalue weighted by Crippen LogP contribution is -2.53. The molecule has 3 fully saturated rings. The molecule has 0 aromatic heterocycles. The summed E-state index contributed by atoms with van der Waals surface area (Å²) >= 11 is 0. The molecule has 2 aliphatic carbocycles. The van der Waals surface area contributed by atoms with Crippen molar-refractivity contribution in [3.63, 3.8) is 0 Å². The third-order valence-electron chi connectivity index (χ3n) is 4.80. The minimum absolute atomic E-state index is 0.0781. The summed E-state index contributed by atoms with van der Waals surface area (Å²) < 4.78 is 0. The molecule has 1 saturated heterocycles. The van der Waals surface area contributed by atoms with Crippen molar-refractivity contribution in [3.8, 4) is 0 Å². The highest BCUT2D eigenvalue weighted by molar-refractivity contribution is 5.86. The fourth-order valence-electron chi connectivity index (χ4n) is 3.28. The molecule has 0 spiro atoms. The molecule has 2 N–H and O–H groups in total. The van der Waals surface area contributed by atoms with E-state index in [0.717, 1.165) is 38.8 Å². The Kier molecular flexibility index (Phi) is 3.96. The number of nitrogens with zero attached hydrogens (tertiary/aromatic N) is 1. The third kappa shape index (κ3) is 2.97. The molecule has 1 aliphatic heterocycles. The van der Waals surface area contributed by atoms with Gasteiger partial charge >= 0.3 is 0 Å². The van der Waals surface area contributed by atoms with Gasteiger partial charge in [0.15, 0.2) is 0 Å². The Morgan fingerprint density at radius 3 is 2.55 bits per heavy atom. The fourth-order valence-corrected chi connectivity index (χ4v) is 3.28. The summed E-state index contributed by atoms with van der Waals surface area (Å²) in [5.41, 5.74) is 0. The molecule has 3 rings (SSSR count). The Labute approximate surface area is 120 Å². The average Bonchev–Trinajstić information content (AvgIpc) is 3.36. The predicted octanol–water partition coefficient (Wildman–Crippen LogP) is 0.502. The number of hydrogen-bond acceptors (Lipinski definition) is 3. The summed E-state index contributed by atoms with van der Waals surface area (Å²) in [6.45, 7) is 1.69. The zero-order chi connectivity index (χ0) is 14.1. The van der Waals surface area contributed by atoms with Crippen LogP contribution in [0.25, 0.3) is 0 Å². The number of carbonyl (C=O) groups excluding carboxylic acids is 2. The summed E-state index contributed by atoms with van der Waals surface area (Å²) in [6, 6.07) is -0.198. The first-order chi connectivity index (χ1) is 9.70. The smallest absolute Gasteiger partial charge is 0.237 e. The van der Waals surface area contributed by atoms with Crippen molar-refractivity contribution < 1.29 is 9.59 Å². The number of carbonyl (C=O) groups is 2. The average molecular weight is 279 g/mol. The quantitative estimate of drug-likeness (QED) is 0.744. The molecule has 2 atom stereocenters. The van der Waals surface area contributed by atoms with Crippen LogP contribution in [0.3, 0.4) is 0 Å².